The van der Waals surface area contributed by atoms with Crippen LogP contribution in [0.1, 0.15) is 18.9 Å². The highest BCUT2D eigenvalue weighted by Gasteiger charge is 2.18. The average Bonchev–Trinajstić information content (AvgIpc) is 2.55. The number of phenolic OH excluding ortho intramolecular Hbond substituents is 3. The molecule has 3 N–H and O–H groups in total. The molecule has 3 rings (SSSR count). The molecule has 0 bridgehead atoms. The molecular weight excluding hydrogens is 320 g/mol. The maximum absolute atomic E-state index is 12.9. The van der Waals surface area contributed by atoms with E-state index in [4.69, 9.17) is 4.42 Å². The van der Waals surface area contributed by atoms with Crippen LogP contribution in [0.3, 0.4) is 0 Å². The van der Waals surface area contributed by atoms with E-state index in [2.05, 4.69) is 6.58 Å². The molecule has 3 aromatic rings. The molecule has 0 fully saturated rings. The van der Waals surface area contributed by atoms with Crippen LogP contribution in [0.5, 0.6) is 17.2 Å². The maximum atomic E-state index is 12.9. The van der Waals surface area contributed by atoms with Gasteiger partial charge in [-0.3, -0.25) is 4.79 Å². The van der Waals surface area contributed by atoms with Crippen LogP contribution in [0, 0.1) is 0 Å². The first-order chi connectivity index (χ1) is 11.9. The predicted molar refractivity (Wildman–Crippen MR) is 96.0 cm³/mol. The molecule has 5 nitrogen and oxygen atoms in total. The highest BCUT2D eigenvalue weighted by atomic mass is 16.3. The number of fused-ring (bicyclic) bond motifs is 1. The van der Waals surface area contributed by atoms with Gasteiger partial charge in [-0.1, -0.05) is 17.7 Å². The third kappa shape index (κ3) is 3.08. The highest BCUT2D eigenvalue weighted by Crippen LogP contribution is 2.36. The minimum atomic E-state index is -0.402. The van der Waals surface area contributed by atoms with Gasteiger partial charge in [0.15, 0.2) is 0 Å². The normalized spacial score (nSPS) is 10.9. The molecule has 0 atom stereocenters. The molecule has 25 heavy (non-hydrogen) atoms. The lowest BCUT2D eigenvalue weighted by Gasteiger charge is -2.11. The highest BCUT2D eigenvalue weighted by molar-refractivity contribution is 5.89. The van der Waals surface area contributed by atoms with Crippen LogP contribution in [0.4, 0.5) is 0 Å². The zero-order chi connectivity index (χ0) is 18.1. The van der Waals surface area contributed by atoms with Gasteiger partial charge in [0.1, 0.15) is 34.5 Å². The second kappa shape index (κ2) is 6.36. The van der Waals surface area contributed by atoms with Crippen molar-refractivity contribution in [2.24, 2.45) is 0 Å². The Labute approximate surface area is 144 Å². The fraction of sp³-hybridized carbons (Fsp3) is 0.150. The van der Waals surface area contributed by atoms with E-state index in [1.54, 1.807) is 12.1 Å². The summed E-state index contributed by atoms with van der Waals surface area (Å²) in [5, 5.41) is 30.1. The van der Waals surface area contributed by atoms with Crippen LogP contribution < -0.4 is 5.43 Å². The minimum absolute atomic E-state index is 0.0279. The Balaban J connectivity index is 2.21. The number of hydrogen-bond acceptors (Lipinski definition) is 5. The van der Waals surface area contributed by atoms with Gasteiger partial charge < -0.3 is 19.7 Å². The van der Waals surface area contributed by atoms with Gasteiger partial charge >= 0.3 is 0 Å². The van der Waals surface area contributed by atoms with Crippen molar-refractivity contribution in [3.8, 4) is 28.4 Å². The SMILES string of the molecule is C=C(C)CCc1c(O)cc2occ(-c3ccc(O)cc3)c(=O)c2c1O. The van der Waals surface area contributed by atoms with Crippen LogP contribution in [-0.2, 0) is 6.42 Å². The maximum Gasteiger partial charge on any atom is 0.204 e. The molecule has 0 radical (unpaired) electrons. The van der Waals surface area contributed by atoms with E-state index in [9.17, 15) is 20.1 Å². The van der Waals surface area contributed by atoms with E-state index in [1.807, 2.05) is 6.92 Å². The van der Waals surface area contributed by atoms with Crippen LogP contribution in [-0.4, -0.2) is 15.3 Å². The Morgan fingerprint density at radius 1 is 1.16 bits per heavy atom. The van der Waals surface area contributed by atoms with Crippen molar-refractivity contribution < 1.29 is 19.7 Å². The Bertz CT molecular complexity index is 1010. The number of phenols is 3. The summed E-state index contributed by atoms with van der Waals surface area (Å²) in [5.74, 6) is -0.304. The molecule has 1 heterocycles. The molecule has 0 amide bonds. The van der Waals surface area contributed by atoms with Gasteiger partial charge in [0.2, 0.25) is 5.43 Å². The largest absolute Gasteiger partial charge is 0.508 e. The molecule has 2 aromatic carbocycles. The van der Waals surface area contributed by atoms with Gasteiger partial charge in [0, 0.05) is 11.6 Å². The molecule has 5 heteroatoms. The van der Waals surface area contributed by atoms with E-state index in [0.717, 1.165) is 5.57 Å². The molecule has 0 aliphatic rings. The van der Waals surface area contributed by atoms with Gasteiger partial charge in [-0.25, -0.2) is 0 Å². The first-order valence-corrected chi connectivity index (χ1v) is 7.81. The summed E-state index contributed by atoms with van der Waals surface area (Å²) in [6.07, 6.45) is 2.23. The molecule has 0 saturated heterocycles. The summed E-state index contributed by atoms with van der Waals surface area (Å²) in [4.78, 5) is 12.9. The summed E-state index contributed by atoms with van der Waals surface area (Å²) in [6.45, 7) is 5.66. The predicted octanol–water partition coefficient (Wildman–Crippen LogP) is 4.09. The smallest absolute Gasteiger partial charge is 0.204 e. The fourth-order valence-electron chi connectivity index (χ4n) is 2.72. The Kier molecular flexibility index (Phi) is 4.23. The summed E-state index contributed by atoms with van der Waals surface area (Å²) in [7, 11) is 0. The number of aromatic hydroxyl groups is 3. The lowest BCUT2D eigenvalue weighted by molar-refractivity contribution is 0.440. The molecule has 1 aromatic heterocycles. The van der Waals surface area contributed by atoms with Gasteiger partial charge in [-0.05, 0) is 37.5 Å². The zero-order valence-electron chi connectivity index (χ0n) is 13.7. The van der Waals surface area contributed by atoms with E-state index in [1.165, 1.54) is 24.5 Å². The Morgan fingerprint density at radius 3 is 2.48 bits per heavy atom. The lowest BCUT2D eigenvalue weighted by Crippen LogP contribution is -2.06. The van der Waals surface area contributed by atoms with Crippen LogP contribution in [0.2, 0.25) is 0 Å². The topological polar surface area (TPSA) is 90.9 Å². The van der Waals surface area contributed by atoms with Gasteiger partial charge in [0.05, 0.1) is 5.56 Å². The van der Waals surface area contributed by atoms with Crippen molar-refractivity contribution in [3.63, 3.8) is 0 Å². The molecule has 0 saturated carbocycles. The second-order valence-electron chi connectivity index (χ2n) is 6.08. The monoisotopic (exact) mass is 338 g/mol. The quantitative estimate of drug-likeness (QED) is 0.623. The van der Waals surface area contributed by atoms with Crippen molar-refractivity contribution in [3.05, 3.63) is 64.5 Å². The second-order valence-corrected chi connectivity index (χ2v) is 6.08. The van der Waals surface area contributed by atoms with Crippen molar-refractivity contribution in [2.75, 3.05) is 0 Å². The van der Waals surface area contributed by atoms with E-state index in [0.29, 0.717) is 24.0 Å². The van der Waals surface area contributed by atoms with E-state index >= 15 is 0 Å². The summed E-state index contributed by atoms with van der Waals surface area (Å²) >= 11 is 0. The molecule has 0 unspecified atom stereocenters. The van der Waals surface area contributed by atoms with Gasteiger partial charge in [-0.15, -0.1) is 6.58 Å². The van der Waals surface area contributed by atoms with Crippen molar-refractivity contribution >= 4 is 11.0 Å². The standard InChI is InChI=1S/C20H18O5/c1-11(2)3-8-14-16(22)9-17-18(19(14)23)20(24)15(10-25-17)12-4-6-13(21)7-5-12/h4-7,9-10,21-23H,1,3,8H2,2H3. The number of benzene rings is 2. The Hall–Kier alpha value is -3.21. The van der Waals surface area contributed by atoms with Crippen molar-refractivity contribution in [1.29, 1.82) is 0 Å². The Morgan fingerprint density at radius 2 is 1.84 bits per heavy atom. The van der Waals surface area contributed by atoms with Crippen LogP contribution in [0.25, 0.3) is 22.1 Å². The van der Waals surface area contributed by atoms with Crippen LogP contribution >= 0.6 is 0 Å². The van der Waals surface area contributed by atoms with Crippen LogP contribution in [0.15, 0.2) is 58.0 Å². The van der Waals surface area contributed by atoms with Crippen molar-refractivity contribution in [1.82, 2.24) is 0 Å². The van der Waals surface area contributed by atoms with E-state index in [-0.39, 0.29) is 33.8 Å². The number of hydrogen-bond donors (Lipinski definition) is 3. The third-order valence-corrected chi connectivity index (χ3v) is 4.10. The number of allylic oxidation sites excluding steroid dienone is 1. The van der Waals surface area contributed by atoms with Crippen molar-refractivity contribution in [2.45, 2.75) is 19.8 Å². The summed E-state index contributed by atoms with van der Waals surface area (Å²) < 4.78 is 5.45. The first kappa shape index (κ1) is 16.6. The minimum Gasteiger partial charge on any atom is -0.508 e. The van der Waals surface area contributed by atoms with Gasteiger partial charge in [-0.2, -0.15) is 0 Å². The molecule has 0 spiro atoms. The third-order valence-electron chi connectivity index (χ3n) is 4.10. The molecule has 128 valence electrons. The average molecular weight is 338 g/mol. The number of rotatable bonds is 4. The zero-order valence-corrected chi connectivity index (χ0v) is 13.7. The lowest BCUT2D eigenvalue weighted by atomic mass is 9.99. The molecular formula is C20H18O5. The fourth-order valence-corrected chi connectivity index (χ4v) is 2.72. The summed E-state index contributed by atoms with van der Waals surface area (Å²) in [5.41, 5.74) is 1.74. The molecule has 0 aliphatic heterocycles. The summed E-state index contributed by atoms with van der Waals surface area (Å²) in [6, 6.07) is 7.45. The molecule has 0 aliphatic carbocycles. The first-order valence-electron chi connectivity index (χ1n) is 7.81. The van der Waals surface area contributed by atoms with Gasteiger partial charge in [0.25, 0.3) is 0 Å². The van der Waals surface area contributed by atoms with E-state index < -0.39 is 5.43 Å².